The van der Waals surface area contributed by atoms with E-state index in [0.29, 0.717) is 11.5 Å². The molecule has 1 aromatic heterocycles. The van der Waals surface area contributed by atoms with E-state index in [0.717, 1.165) is 31.6 Å². The highest BCUT2D eigenvalue weighted by Gasteiger charge is 2.35. The van der Waals surface area contributed by atoms with E-state index in [2.05, 4.69) is 15.6 Å². The van der Waals surface area contributed by atoms with Gasteiger partial charge in [0.25, 0.3) is 0 Å². The van der Waals surface area contributed by atoms with E-state index in [9.17, 15) is 9.18 Å². The molecule has 1 aliphatic heterocycles. The number of amides is 1. The molecule has 1 aromatic rings. The van der Waals surface area contributed by atoms with Crippen LogP contribution < -0.4 is 10.6 Å². The summed E-state index contributed by atoms with van der Waals surface area (Å²) in [5, 5.41) is 24.4. The van der Waals surface area contributed by atoms with Gasteiger partial charge in [-0.2, -0.15) is 10.5 Å². The van der Waals surface area contributed by atoms with Crippen molar-refractivity contribution >= 4 is 11.7 Å². The van der Waals surface area contributed by atoms with Gasteiger partial charge < -0.3 is 15.5 Å². The van der Waals surface area contributed by atoms with Crippen LogP contribution in [0.1, 0.15) is 31.2 Å². The summed E-state index contributed by atoms with van der Waals surface area (Å²) in [6, 6.07) is 7.18. The van der Waals surface area contributed by atoms with Crippen LogP contribution in [0.4, 0.5) is 10.2 Å². The average molecular weight is 370 g/mol. The van der Waals surface area contributed by atoms with E-state index in [4.69, 9.17) is 10.5 Å². The van der Waals surface area contributed by atoms with Crippen LogP contribution in [0.25, 0.3) is 0 Å². The number of anilines is 1. The minimum Gasteiger partial charge on any atom is -0.370 e. The topological polar surface area (TPSA) is 105 Å². The molecule has 2 heterocycles. The third-order valence-corrected chi connectivity index (χ3v) is 5.27. The summed E-state index contributed by atoms with van der Waals surface area (Å²) < 4.78 is 13.4. The van der Waals surface area contributed by atoms with Crippen LogP contribution in [-0.2, 0) is 4.79 Å². The number of rotatable bonds is 6. The van der Waals surface area contributed by atoms with Crippen molar-refractivity contribution in [3.05, 3.63) is 23.9 Å². The number of halogens is 1. The Bertz CT molecular complexity index is 740. The highest BCUT2D eigenvalue weighted by molar-refractivity contribution is 5.79. The number of likely N-dealkylation sites (tertiary alicyclic amines) is 1. The molecule has 1 aliphatic carbocycles. The van der Waals surface area contributed by atoms with Gasteiger partial charge in [-0.05, 0) is 37.3 Å². The number of hydrogen-bond donors (Lipinski definition) is 2. The zero-order chi connectivity index (χ0) is 19.2. The van der Waals surface area contributed by atoms with E-state index in [1.165, 1.54) is 4.90 Å². The summed E-state index contributed by atoms with van der Waals surface area (Å²) in [7, 11) is 0. The Kier molecular flexibility index (Phi) is 6.20. The summed E-state index contributed by atoms with van der Waals surface area (Å²) in [5.41, 5.74) is 0.533. The van der Waals surface area contributed by atoms with Gasteiger partial charge in [0.05, 0.1) is 24.7 Å². The van der Waals surface area contributed by atoms with Gasteiger partial charge in [0.15, 0.2) is 0 Å². The van der Waals surface area contributed by atoms with Gasteiger partial charge >= 0.3 is 0 Å². The molecule has 2 fully saturated rings. The maximum Gasteiger partial charge on any atom is 0.237 e. The molecule has 2 N–H and O–H groups in total. The van der Waals surface area contributed by atoms with Gasteiger partial charge in [-0.3, -0.25) is 4.79 Å². The van der Waals surface area contributed by atoms with E-state index in [-0.39, 0.29) is 31.5 Å². The quantitative estimate of drug-likeness (QED) is 0.788. The number of nitrogens with one attached hydrogen (secondary N) is 2. The summed E-state index contributed by atoms with van der Waals surface area (Å²) in [6.45, 7) is 0.956. The minimum atomic E-state index is -1.10. The van der Waals surface area contributed by atoms with Gasteiger partial charge in [-0.25, -0.2) is 9.37 Å². The van der Waals surface area contributed by atoms with Crippen molar-refractivity contribution in [2.45, 2.75) is 43.9 Å². The molecule has 0 spiro atoms. The smallest absolute Gasteiger partial charge is 0.237 e. The van der Waals surface area contributed by atoms with Crippen LogP contribution in [0.5, 0.6) is 0 Å². The van der Waals surface area contributed by atoms with Crippen molar-refractivity contribution < 1.29 is 9.18 Å². The number of alkyl halides is 1. The standard InChI is InChI=1S/C19H23FN6O/c20-15-6-17(8-22)26(12-15)19(27)11-23-16-3-1-13(5-16)9-24-18-4-2-14(7-21)10-25-18/h2,4,10,13,15-17,23H,1,3,5-6,9,11-12H2,(H,24,25)/t13-,15-,16+,17-/m0/s1. The molecule has 1 amide bonds. The molecule has 4 atom stereocenters. The van der Waals surface area contributed by atoms with Crippen LogP contribution in [0.2, 0.25) is 0 Å². The lowest BCUT2D eigenvalue weighted by Gasteiger charge is -2.21. The van der Waals surface area contributed by atoms with Crippen molar-refractivity contribution in [3.63, 3.8) is 0 Å². The molecule has 3 rings (SSSR count). The normalized spacial score (nSPS) is 27.1. The first-order valence-corrected chi connectivity index (χ1v) is 9.25. The molecule has 1 saturated heterocycles. The van der Waals surface area contributed by atoms with Crippen LogP contribution in [0, 0.1) is 28.6 Å². The zero-order valence-electron chi connectivity index (χ0n) is 15.1. The second-order valence-electron chi connectivity index (χ2n) is 7.21. The highest BCUT2D eigenvalue weighted by atomic mass is 19.1. The van der Waals surface area contributed by atoms with Gasteiger partial charge in [0, 0.05) is 25.2 Å². The van der Waals surface area contributed by atoms with Crippen LogP contribution in [0.15, 0.2) is 18.3 Å². The second kappa shape index (κ2) is 8.79. The number of aromatic nitrogens is 1. The summed E-state index contributed by atoms with van der Waals surface area (Å²) in [4.78, 5) is 17.8. The molecular weight excluding hydrogens is 347 g/mol. The molecule has 8 heteroatoms. The molecule has 27 heavy (non-hydrogen) atoms. The van der Waals surface area contributed by atoms with Crippen molar-refractivity contribution in [2.75, 3.05) is 25.0 Å². The maximum absolute atomic E-state index is 13.4. The molecular formula is C19H23FN6O. The molecule has 7 nitrogen and oxygen atoms in total. The fraction of sp³-hybridized carbons (Fsp3) is 0.579. The first-order valence-electron chi connectivity index (χ1n) is 9.25. The SMILES string of the molecule is N#Cc1ccc(NC[C@H]2CC[C@@H](NCC(=O)N3C[C@@H](F)C[C@H]3C#N)C2)nc1. The molecule has 0 aromatic carbocycles. The lowest BCUT2D eigenvalue weighted by molar-refractivity contribution is -0.130. The van der Waals surface area contributed by atoms with Crippen LogP contribution in [0.3, 0.4) is 0 Å². The average Bonchev–Trinajstić information content (AvgIpc) is 3.31. The molecule has 0 bridgehead atoms. The van der Waals surface area contributed by atoms with Crippen molar-refractivity contribution in [1.82, 2.24) is 15.2 Å². The number of nitriles is 2. The van der Waals surface area contributed by atoms with E-state index >= 15 is 0 Å². The number of pyridine rings is 1. The monoisotopic (exact) mass is 370 g/mol. The summed E-state index contributed by atoms with van der Waals surface area (Å²) in [6.07, 6.45) is 3.53. The Morgan fingerprint density at radius 3 is 2.89 bits per heavy atom. The number of carbonyl (C=O) groups excluding carboxylic acids is 1. The van der Waals surface area contributed by atoms with E-state index in [1.807, 2.05) is 12.1 Å². The minimum absolute atomic E-state index is 0.0214. The predicted molar refractivity (Wildman–Crippen MR) is 97.2 cm³/mol. The largest absolute Gasteiger partial charge is 0.370 e. The number of carbonyl (C=O) groups is 1. The highest BCUT2D eigenvalue weighted by Crippen LogP contribution is 2.26. The van der Waals surface area contributed by atoms with Crippen molar-refractivity contribution in [1.29, 1.82) is 10.5 Å². The zero-order valence-corrected chi connectivity index (χ0v) is 15.1. The van der Waals surface area contributed by atoms with Gasteiger partial charge in [-0.15, -0.1) is 0 Å². The molecule has 1 saturated carbocycles. The Hall–Kier alpha value is -2.71. The Labute approximate surface area is 158 Å². The van der Waals surface area contributed by atoms with Gasteiger partial charge in [0.2, 0.25) is 5.91 Å². The second-order valence-corrected chi connectivity index (χ2v) is 7.21. The predicted octanol–water partition coefficient (Wildman–Crippen LogP) is 1.59. The third kappa shape index (κ3) is 4.93. The lowest BCUT2D eigenvalue weighted by Crippen LogP contribution is -2.43. The first-order chi connectivity index (χ1) is 13.1. The van der Waals surface area contributed by atoms with Gasteiger partial charge in [0.1, 0.15) is 24.1 Å². The Morgan fingerprint density at radius 1 is 1.33 bits per heavy atom. The van der Waals surface area contributed by atoms with Gasteiger partial charge in [-0.1, -0.05) is 0 Å². The summed E-state index contributed by atoms with van der Waals surface area (Å²) >= 11 is 0. The maximum atomic E-state index is 13.4. The Balaban J connectivity index is 1.39. The number of hydrogen-bond acceptors (Lipinski definition) is 6. The summed E-state index contributed by atoms with van der Waals surface area (Å²) in [5.74, 6) is 1.02. The lowest BCUT2D eigenvalue weighted by atomic mass is 10.1. The number of nitrogens with zero attached hydrogens (tertiary/aromatic N) is 4. The molecule has 142 valence electrons. The molecule has 0 unspecified atom stereocenters. The van der Waals surface area contributed by atoms with Crippen molar-refractivity contribution in [3.8, 4) is 12.1 Å². The van der Waals surface area contributed by atoms with Crippen molar-refractivity contribution in [2.24, 2.45) is 5.92 Å². The van der Waals surface area contributed by atoms with Crippen LogP contribution >= 0.6 is 0 Å². The fourth-order valence-electron chi connectivity index (χ4n) is 3.78. The first kappa shape index (κ1) is 19.1. The fourth-order valence-corrected chi connectivity index (χ4v) is 3.78. The van der Waals surface area contributed by atoms with E-state index in [1.54, 1.807) is 18.3 Å². The molecule has 2 aliphatic rings. The Morgan fingerprint density at radius 2 is 2.19 bits per heavy atom. The van der Waals surface area contributed by atoms with Crippen LogP contribution in [-0.4, -0.2) is 53.7 Å². The van der Waals surface area contributed by atoms with E-state index < -0.39 is 12.2 Å². The molecule has 0 radical (unpaired) electrons. The third-order valence-electron chi connectivity index (χ3n) is 5.27.